The van der Waals surface area contributed by atoms with Crippen molar-refractivity contribution in [2.45, 2.75) is 84.6 Å². The predicted octanol–water partition coefficient (Wildman–Crippen LogP) is 13.3. The van der Waals surface area contributed by atoms with Gasteiger partial charge in [-0.2, -0.15) is 0 Å². The molecule has 0 bridgehead atoms. The Morgan fingerprint density at radius 3 is 1.71 bits per heavy atom. The van der Waals surface area contributed by atoms with Crippen LogP contribution in [0.4, 0.5) is 22.7 Å². The molecule has 49 heavy (non-hydrogen) atoms. The first kappa shape index (κ1) is 34.3. The van der Waals surface area contributed by atoms with Crippen molar-refractivity contribution in [1.29, 1.82) is 0 Å². The lowest BCUT2D eigenvalue weighted by molar-refractivity contribution is 0.370. The lowest BCUT2D eigenvalue weighted by atomic mass is 9.78. The molecular weight excluding hydrogens is 593 g/mol. The molecule has 0 saturated heterocycles. The summed E-state index contributed by atoms with van der Waals surface area (Å²) in [6.07, 6.45) is 21.1. The van der Waals surface area contributed by atoms with Gasteiger partial charge >= 0.3 is 0 Å². The molecule has 2 aliphatic carbocycles. The Bertz CT molecular complexity index is 1750. The molecule has 0 amide bonds. The molecule has 0 heterocycles. The minimum Gasteiger partial charge on any atom is -0.334 e. The van der Waals surface area contributed by atoms with Gasteiger partial charge in [-0.05, 0) is 114 Å². The largest absolute Gasteiger partial charge is 0.334 e. The fourth-order valence-corrected chi connectivity index (χ4v) is 7.68. The van der Waals surface area contributed by atoms with Crippen LogP contribution in [0.5, 0.6) is 0 Å². The van der Waals surface area contributed by atoms with Gasteiger partial charge < -0.3 is 9.80 Å². The summed E-state index contributed by atoms with van der Waals surface area (Å²) < 4.78 is 0. The van der Waals surface area contributed by atoms with Crippen molar-refractivity contribution in [2.24, 2.45) is 11.8 Å². The fraction of sp³-hybridized carbons (Fsp3) is 0.319. The quantitative estimate of drug-likeness (QED) is 0.143. The first-order valence-corrected chi connectivity index (χ1v) is 18.6. The van der Waals surface area contributed by atoms with Crippen molar-refractivity contribution in [1.82, 2.24) is 0 Å². The maximum atomic E-state index is 2.49. The topological polar surface area (TPSA) is 6.48 Å². The highest BCUT2D eigenvalue weighted by molar-refractivity contribution is 5.79. The standard InChI is InChI=1S/C47H54N2/c1-6-36(7-2)37-20-28-43(29-21-37)48(41-16-12-10-13-17-41)44-30-22-38(23-31-44)39-24-32-45(33-25-39)49(42-18-14-11-15-19-42)46-34-26-40(27-35-46)47(5,8-3)9-4/h10-20,22-32,34-37,45H,6-9,21,33H2,1-5H3. The molecule has 252 valence electrons. The summed E-state index contributed by atoms with van der Waals surface area (Å²) in [5.74, 6) is 1.38. The number of nitrogens with zero attached hydrogens (tertiary/aromatic N) is 2. The smallest absolute Gasteiger partial charge is 0.0560 e. The Morgan fingerprint density at radius 2 is 1.18 bits per heavy atom. The molecule has 0 spiro atoms. The van der Waals surface area contributed by atoms with Gasteiger partial charge in [-0.15, -0.1) is 0 Å². The third-order valence-corrected chi connectivity index (χ3v) is 11.3. The van der Waals surface area contributed by atoms with Crippen LogP contribution in [0.3, 0.4) is 0 Å². The molecule has 4 aromatic rings. The van der Waals surface area contributed by atoms with Crippen molar-refractivity contribution < 1.29 is 0 Å². The zero-order valence-corrected chi connectivity index (χ0v) is 30.2. The van der Waals surface area contributed by atoms with Crippen LogP contribution in [0.25, 0.3) is 5.57 Å². The Balaban J connectivity index is 1.22. The Labute approximate surface area is 296 Å². The summed E-state index contributed by atoms with van der Waals surface area (Å²) in [7, 11) is 0. The van der Waals surface area contributed by atoms with Gasteiger partial charge in [0.1, 0.15) is 0 Å². The third kappa shape index (κ3) is 7.54. The molecule has 2 unspecified atom stereocenters. The van der Waals surface area contributed by atoms with E-state index in [-0.39, 0.29) is 11.5 Å². The predicted molar refractivity (Wildman–Crippen MR) is 213 cm³/mol. The van der Waals surface area contributed by atoms with Crippen LogP contribution in [0.1, 0.15) is 84.3 Å². The molecule has 0 fully saturated rings. The molecule has 0 aliphatic heterocycles. The molecule has 0 N–H and O–H groups in total. The second-order valence-electron chi connectivity index (χ2n) is 14.0. The molecule has 2 aliphatic rings. The van der Waals surface area contributed by atoms with Gasteiger partial charge in [0.15, 0.2) is 0 Å². The van der Waals surface area contributed by atoms with E-state index in [2.05, 4.69) is 190 Å². The number of hydrogen-bond donors (Lipinski definition) is 0. The van der Waals surface area contributed by atoms with Crippen LogP contribution >= 0.6 is 0 Å². The maximum absolute atomic E-state index is 2.49. The van der Waals surface area contributed by atoms with Gasteiger partial charge in [0.05, 0.1) is 6.04 Å². The van der Waals surface area contributed by atoms with E-state index < -0.39 is 0 Å². The Kier molecular flexibility index (Phi) is 11.0. The van der Waals surface area contributed by atoms with Crippen molar-refractivity contribution in [2.75, 3.05) is 9.80 Å². The highest BCUT2D eigenvalue weighted by Gasteiger charge is 2.25. The van der Waals surface area contributed by atoms with E-state index >= 15 is 0 Å². The highest BCUT2D eigenvalue weighted by Crippen LogP contribution is 2.38. The Hall–Kier alpha value is -4.56. The molecule has 0 saturated carbocycles. The van der Waals surface area contributed by atoms with Crippen LogP contribution in [-0.4, -0.2) is 6.04 Å². The fourth-order valence-electron chi connectivity index (χ4n) is 7.68. The summed E-state index contributed by atoms with van der Waals surface area (Å²) in [4.78, 5) is 4.89. The molecule has 0 aromatic heterocycles. The highest BCUT2D eigenvalue weighted by atomic mass is 15.2. The second-order valence-corrected chi connectivity index (χ2v) is 14.0. The van der Waals surface area contributed by atoms with E-state index in [9.17, 15) is 0 Å². The molecule has 6 rings (SSSR count). The van der Waals surface area contributed by atoms with Gasteiger partial charge in [0, 0.05) is 28.4 Å². The second kappa shape index (κ2) is 15.8. The van der Waals surface area contributed by atoms with E-state index in [1.807, 2.05) is 0 Å². The normalized spacial score (nSPS) is 17.5. The minimum atomic E-state index is 0.214. The van der Waals surface area contributed by atoms with Crippen LogP contribution < -0.4 is 9.80 Å². The van der Waals surface area contributed by atoms with Gasteiger partial charge in [0.2, 0.25) is 0 Å². The van der Waals surface area contributed by atoms with E-state index in [4.69, 9.17) is 0 Å². The van der Waals surface area contributed by atoms with Gasteiger partial charge in [-0.25, -0.2) is 0 Å². The number of hydrogen-bond acceptors (Lipinski definition) is 2. The summed E-state index contributed by atoms with van der Waals surface area (Å²) in [5.41, 5.74) is 10.3. The third-order valence-electron chi connectivity index (χ3n) is 11.3. The number of rotatable bonds is 13. The van der Waals surface area contributed by atoms with Crippen LogP contribution in [0.2, 0.25) is 0 Å². The molecule has 0 radical (unpaired) electrons. The van der Waals surface area contributed by atoms with E-state index in [1.54, 1.807) is 0 Å². The van der Waals surface area contributed by atoms with Crippen LogP contribution in [0, 0.1) is 11.8 Å². The van der Waals surface area contributed by atoms with Crippen molar-refractivity contribution in [3.05, 3.63) is 162 Å². The van der Waals surface area contributed by atoms with Gasteiger partial charge in [0.25, 0.3) is 0 Å². The van der Waals surface area contributed by atoms with Gasteiger partial charge in [-0.3, -0.25) is 0 Å². The zero-order chi connectivity index (χ0) is 34.2. The summed E-state index contributed by atoms with van der Waals surface area (Å²) in [5, 5.41) is 0. The Morgan fingerprint density at radius 1 is 0.612 bits per heavy atom. The molecule has 2 atom stereocenters. The maximum Gasteiger partial charge on any atom is 0.0560 e. The van der Waals surface area contributed by atoms with E-state index in [1.165, 1.54) is 58.0 Å². The van der Waals surface area contributed by atoms with Crippen molar-refractivity contribution >= 4 is 28.3 Å². The van der Waals surface area contributed by atoms with Crippen LogP contribution in [-0.2, 0) is 5.41 Å². The van der Waals surface area contributed by atoms with E-state index in [0.717, 1.165) is 31.6 Å². The summed E-state index contributed by atoms with van der Waals surface area (Å²) in [6, 6.07) is 40.3. The lowest BCUT2D eigenvalue weighted by Gasteiger charge is -2.34. The van der Waals surface area contributed by atoms with Crippen molar-refractivity contribution in [3.8, 4) is 0 Å². The van der Waals surface area contributed by atoms with E-state index in [0.29, 0.717) is 5.92 Å². The van der Waals surface area contributed by atoms with Crippen LogP contribution in [0.15, 0.2) is 151 Å². The SMILES string of the molecule is CCC(CC)C1C=CC(N(c2ccccc2)c2ccc(C3=CCC(N(c4ccccc4)c4ccc(C(C)(CC)CC)cc4)C=C3)cc2)=CC1. The molecular formula is C47H54N2. The number of para-hydroxylation sites is 2. The average Bonchev–Trinajstić information content (AvgIpc) is 3.17. The molecule has 4 aromatic carbocycles. The molecule has 2 nitrogen and oxygen atoms in total. The number of anilines is 4. The zero-order valence-electron chi connectivity index (χ0n) is 30.2. The number of benzene rings is 4. The number of allylic oxidation sites excluding steroid dienone is 5. The molecule has 2 heteroatoms. The lowest BCUT2D eigenvalue weighted by Crippen LogP contribution is -2.30. The minimum absolute atomic E-state index is 0.214. The van der Waals surface area contributed by atoms with Crippen molar-refractivity contribution in [3.63, 3.8) is 0 Å². The first-order valence-electron chi connectivity index (χ1n) is 18.6. The summed E-state index contributed by atoms with van der Waals surface area (Å²) >= 11 is 0. The monoisotopic (exact) mass is 646 g/mol. The first-order chi connectivity index (χ1) is 24.0. The van der Waals surface area contributed by atoms with Gasteiger partial charge in [-0.1, -0.05) is 139 Å². The summed E-state index contributed by atoms with van der Waals surface area (Å²) in [6.45, 7) is 11.6. The average molecular weight is 647 g/mol.